The van der Waals surface area contributed by atoms with Crippen molar-refractivity contribution in [2.75, 3.05) is 25.0 Å². The minimum atomic E-state index is -1.37. The lowest BCUT2D eigenvalue weighted by molar-refractivity contribution is -0.140. The molecule has 16 heteroatoms. The molecule has 1 unspecified atom stereocenters. The Morgan fingerprint density at radius 3 is 2.23 bits per heavy atom. The number of benzene rings is 2. The largest absolute Gasteiger partial charge is 0.481 e. The van der Waals surface area contributed by atoms with Gasteiger partial charge in [-0.25, -0.2) is 9.78 Å². The summed E-state index contributed by atoms with van der Waals surface area (Å²) >= 11 is 0. The van der Waals surface area contributed by atoms with Gasteiger partial charge in [0, 0.05) is 63.4 Å². The minimum Gasteiger partial charge on any atom is -0.481 e. The molecule has 302 valence electrons. The first kappa shape index (κ1) is 42.0. The molecule has 4 aromatic rings. The van der Waals surface area contributed by atoms with Crippen LogP contribution in [0, 0.1) is 0 Å². The zero-order valence-electron chi connectivity index (χ0n) is 32.4. The average Bonchev–Trinajstić information content (AvgIpc) is 3.71. The maximum absolute atomic E-state index is 14.0. The first-order valence-corrected chi connectivity index (χ1v) is 19.4. The first-order chi connectivity index (χ1) is 27.5. The molecule has 1 aliphatic heterocycles. The molecule has 57 heavy (non-hydrogen) atoms. The fraction of sp³-hybridized carbons (Fsp3) is 0.415. The maximum Gasteiger partial charge on any atom is 0.332 e. The van der Waals surface area contributed by atoms with Crippen LogP contribution in [-0.4, -0.2) is 84.0 Å². The standard InChI is InChI=1S/C41H50N8O8/c1-3-22-49-40(56)37-38(45-32(46(37)25-21-42-4-2)26-28-13-7-5-8-14-28)48(41(49)57)24-20-29-15-10-11-16-30(29)44-39(55)31(27-36(53)54)43-33(50)17-9-6-12-23-47-34(51)18-19-35(47)52/h5,7-8,10-11,13-16,18-19,31,42H,3-4,6,9,12,17,20-27H2,1-2H3,(H,43,50)(H,44,55)(H,53,54). The number of amides is 4. The molecule has 3 heterocycles. The number of hydrogen-bond donors (Lipinski definition) is 4. The normalized spacial score (nSPS) is 13.1. The van der Waals surface area contributed by atoms with Gasteiger partial charge in [0.2, 0.25) is 11.8 Å². The van der Waals surface area contributed by atoms with Gasteiger partial charge in [0.15, 0.2) is 11.2 Å². The molecule has 0 fully saturated rings. The Hall–Kier alpha value is -6.16. The van der Waals surface area contributed by atoms with Gasteiger partial charge in [-0.3, -0.25) is 42.8 Å². The lowest BCUT2D eigenvalue weighted by atomic mass is 10.1. The Bertz CT molecular complexity index is 2220. The van der Waals surface area contributed by atoms with Gasteiger partial charge in [0.1, 0.15) is 11.9 Å². The number of aryl methyl sites for hydroxylation is 2. The molecule has 2 aromatic heterocycles. The van der Waals surface area contributed by atoms with Gasteiger partial charge in [-0.1, -0.05) is 68.8 Å². The number of carboxylic acid groups (broad SMARTS) is 1. The molecule has 0 aliphatic carbocycles. The molecule has 0 spiro atoms. The molecule has 4 amide bonds. The lowest BCUT2D eigenvalue weighted by Gasteiger charge is -2.19. The van der Waals surface area contributed by atoms with Crippen LogP contribution in [0.2, 0.25) is 0 Å². The van der Waals surface area contributed by atoms with Gasteiger partial charge in [-0.2, -0.15) is 0 Å². The van der Waals surface area contributed by atoms with Crippen LogP contribution >= 0.6 is 0 Å². The van der Waals surface area contributed by atoms with Gasteiger partial charge in [-0.15, -0.1) is 0 Å². The van der Waals surface area contributed by atoms with Crippen molar-refractivity contribution in [3.63, 3.8) is 0 Å². The summed E-state index contributed by atoms with van der Waals surface area (Å²) in [6.07, 6.45) is 4.47. The van der Waals surface area contributed by atoms with Crippen molar-refractivity contribution in [2.45, 2.75) is 90.9 Å². The molecule has 1 aliphatic rings. The Morgan fingerprint density at radius 2 is 1.53 bits per heavy atom. The predicted molar refractivity (Wildman–Crippen MR) is 214 cm³/mol. The molecule has 0 saturated carbocycles. The highest BCUT2D eigenvalue weighted by atomic mass is 16.4. The van der Waals surface area contributed by atoms with Crippen LogP contribution in [-0.2, 0) is 56.4 Å². The molecule has 5 rings (SSSR count). The number of carbonyl (C=O) groups is 5. The fourth-order valence-corrected chi connectivity index (χ4v) is 6.83. The summed E-state index contributed by atoms with van der Waals surface area (Å²) < 4.78 is 4.66. The van der Waals surface area contributed by atoms with E-state index < -0.39 is 41.5 Å². The fourth-order valence-electron chi connectivity index (χ4n) is 6.83. The summed E-state index contributed by atoms with van der Waals surface area (Å²) in [5.41, 5.74) is 1.75. The minimum absolute atomic E-state index is 0.0153. The van der Waals surface area contributed by atoms with Gasteiger partial charge in [-0.05, 0) is 49.4 Å². The highest BCUT2D eigenvalue weighted by molar-refractivity contribution is 6.12. The zero-order chi connectivity index (χ0) is 40.9. The highest BCUT2D eigenvalue weighted by Gasteiger charge is 2.26. The van der Waals surface area contributed by atoms with Gasteiger partial charge in [0.25, 0.3) is 17.4 Å². The van der Waals surface area contributed by atoms with E-state index in [4.69, 9.17) is 4.98 Å². The predicted octanol–water partition coefficient (Wildman–Crippen LogP) is 2.60. The third-order valence-corrected chi connectivity index (χ3v) is 9.70. The smallest absolute Gasteiger partial charge is 0.332 e. The Kier molecular flexibility index (Phi) is 14.8. The molecular weight excluding hydrogens is 732 g/mol. The number of unbranched alkanes of at least 4 members (excludes halogenated alkanes) is 2. The van der Waals surface area contributed by atoms with Crippen LogP contribution in [0.25, 0.3) is 11.2 Å². The molecule has 0 bridgehead atoms. The number of anilines is 1. The summed E-state index contributed by atoms with van der Waals surface area (Å²) in [5, 5.41) is 18.2. The number of aliphatic carboxylic acids is 1. The van der Waals surface area contributed by atoms with E-state index in [9.17, 15) is 38.7 Å². The number of para-hydroxylation sites is 1. The first-order valence-electron chi connectivity index (χ1n) is 19.4. The lowest BCUT2D eigenvalue weighted by Crippen LogP contribution is -2.45. The number of imide groups is 1. The molecule has 0 radical (unpaired) electrons. The quantitative estimate of drug-likeness (QED) is 0.0677. The molecule has 1 atom stereocenters. The van der Waals surface area contributed by atoms with E-state index in [1.54, 1.807) is 24.3 Å². The number of carbonyl (C=O) groups excluding carboxylic acids is 4. The van der Waals surface area contributed by atoms with Crippen molar-refractivity contribution in [1.82, 2.24) is 34.2 Å². The van der Waals surface area contributed by atoms with Crippen molar-refractivity contribution >= 4 is 46.4 Å². The van der Waals surface area contributed by atoms with Crippen LogP contribution in [0.1, 0.15) is 69.3 Å². The summed E-state index contributed by atoms with van der Waals surface area (Å²) in [6, 6.07) is 15.3. The Balaban J connectivity index is 1.33. The Morgan fingerprint density at radius 1 is 0.807 bits per heavy atom. The number of likely N-dealkylation sites (N-methyl/N-ethyl adjacent to an activating group) is 1. The average molecular weight is 783 g/mol. The SMILES string of the molecule is CCCn1c(=O)c2c(nc(Cc3ccccc3)n2CCNCC)n(CCc2ccccc2NC(=O)C(CC(=O)O)NC(=O)CCCCCN2C(=O)C=CC2=O)c1=O. The number of fused-ring (bicyclic) bond motifs is 1. The monoisotopic (exact) mass is 782 g/mol. The van der Waals surface area contributed by atoms with Crippen LogP contribution in [0.5, 0.6) is 0 Å². The zero-order valence-corrected chi connectivity index (χ0v) is 32.4. The second-order valence-electron chi connectivity index (χ2n) is 13.8. The van der Waals surface area contributed by atoms with Gasteiger partial charge < -0.3 is 25.6 Å². The molecule has 2 aromatic carbocycles. The second-order valence-corrected chi connectivity index (χ2v) is 13.8. The van der Waals surface area contributed by atoms with E-state index >= 15 is 0 Å². The molecular formula is C41H50N8O8. The van der Waals surface area contributed by atoms with E-state index in [1.807, 2.05) is 48.7 Å². The number of carboxylic acids is 1. The number of nitrogens with zero attached hydrogens (tertiary/aromatic N) is 5. The van der Waals surface area contributed by atoms with Crippen molar-refractivity contribution in [3.8, 4) is 0 Å². The van der Waals surface area contributed by atoms with E-state index in [-0.39, 0.29) is 49.9 Å². The summed E-state index contributed by atoms with van der Waals surface area (Å²) in [7, 11) is 0. The van der Waals surface area contributed by atoms with Crippen LogP contribution in [0.3, 0.4) is 0 Å². The number of nitrogens with one attached hydrogen (secondary N) is 3. The highest BCUT2D eigenvalue weighted by Crippen LogP contribution is 2.20. The topological polar surface area (TPSA) is 207 Å². The third kappa shape index (κ3) is 10.8. The molecule has 4 N–H and O–H groups in total. The molecule has 16 nitrogen and oxygen atoms in total. The molecule has 0 saturated heterocycles. The maximum atomic E-state index is 14.0. The van der Waals surface area contributed by atoms with Crippen LogP contribution < -0.4 is 27.2 Å². The van der Waals surface area contributed by atoms with Crippen molar-refractivity contribution in [3.05, 3.63) is 105 Å². The van der Waals surface area contributed by atoms with Gasteiger partial charge in [0.05, 0.1) is 6.42 Å². The number of imidazole rings is 1. The number of hydrogen-bond acceptors (Lipinski definition) is 9. The second kappa shape index (κ2) is 20.1. The van der Waals surface area contributed by atoms with Crippen LogP contribution in [0.15, 0.2) is 76.3 Å². The summed E-state index contributed by atoms with van der Waals surface area (Å²) in [5.74, 6) is -2.61. The number of rotatable bonds is 22. The van der Waals surface area contributed by atoms with Crippen molar-refractivity contribution in [1.29, 1.82) is 0 Å². The van der Waals surface area contributed by atoms with Crippen LogP contribution in [0.4, 0.5) is 5.69 Å². The van der Waals surface area contributed by atoms with E-state index in [2.05, 4.69) is 16.0 Å². The van der Waals surface area contributed by atoms with Gasteiger partial charge >= 0.3 is 11.7 Å². The van der Waals surface area contributed by atoms with E-state index in [1.165, 1.54) is 21.3 Å². The Labute approximate surface area is 329 Å². The van der Waals surface area contributed by atoms with Crippen molar-refractivity contribution in [2.24, 2.45) is 0 Å². The third-order valence-electron chi connectivity index (χ3n) is 9.70. The summed E-state index contributed by atoms with van der Waals surface area (Å²) in [6.45, 7) is 6.28. The number of aromatic nitrogens is 4. The van der Waals surface area contributed by atoms with E-state index in [0.717, 1.165) is 17.0 Å². The van der Waals surface area contributed by atoms with Crippen molar-refractivity contribution < 1.29 is 29.1 Å². The van der Waals surface area contributed by atoms with E-state index in [0.29, 0.717) is 67.8 Å². The summed E-state index contributed by atoms with van der Waals surface area (Å²) in [4.78, 5) is 95.5.